The molecule has 1 rings (SSSR count). The second-order valence-electron chi connectivity index (χ2n) is 4.20. The molecule has 1 heterocycles. The summed E-state index contributed by atoms with van der Waals surface area (Å²) in [5.74, 6) is -1.31. The van der Waals surface area contributed by atoms with E-state index in [0.29, 0.717) is 0 Å². The van der Waals surface area contributed by atoms with Gasteiger partial charge in [-0.1, -0.05) is 22.6 Å². The molecule has 98 valence electrons. The van der Waals surface area contributed by atoms with Crippen LogP contribution in [0.3, 0.4) is 0 Å². The SMILES string of the molecule is COC(=O)C[C@@]1(O)C[C@@H](CCCCI)OC1=O. The number of carbonyl (C=O) groups excluding carboxylic acids is 2. The number of hydrogen-bond donors (Lipinski definition) is 1. The van der Waals surface area contributed by atoms with Gasteiger partial charge in [-0.15, -0.1) is 0 Å². The highest BCUT2D eigenvalue weighted by atomic mass is 127. The third-order valence-corrected chi connectivity index (χ3v) is 3.56. The highest BCUT2D eigenvalue weighted by Crippen LogP contribution is 2.31. The fourth-order valence-electron chi connectivity index (χ4n) is 1.85. The van der Waals surface area contributed by atoms with Gasteiger partial charge in [0, 0.05) is 6.42 Å². The van der Waals surface area contributed by atoms with Gasteiger partial charge in [-0.3, -0.25) is 4.79 Å². The first kappa shape index (κ1) is 14.7. The lowest BCUT2D eigenvalue weighted by atomic mass is 9.94. The molecule has 6 heteroatoms. The Morgan fingerprint density at radius 2 is 2.35 bits per heavy atom. The van der Waals surface area contributed by atoms with E-state index in [2.05, 4.69) is 27.3 Å². The molecule has 0 aliphatic carbocycles. The van der Waals surface area contributed by atoms with Crippen LogP contribution in [0.5, 0.6) is 0 Å². The second-order valence-corrected chi connectivity index (χ2v) is 5.28. The number of unbranched alkanes of at least 4 members (excludes halogenated alkanes) is 1. The van der Waals surface area contributed by atoms with Gasteiger partial charge in [0.25, 0.3) is 0 Å². The summed E-state index contributed by atoms with van der Waals surface area (Å²) < 4.78 is 10.6. The number of carbonyl (C=O) groups is 2. The lowest BCUT2D eigenvalue weighted by Gasteiger charge is -2.15. The minimum atomic E-state index is -1.69. The quantitative estimate of drug-likeness (QED) is 0.335. The average molecular weight is 356 g/mol. The van der Waals surface area contributed by atoms with Crippen molar-refractivity contribution < 1.29 is 24.2 Å². The van der Waals surface area contributed by atoms with Crippen LogP contribution in [0.4, 0.5) is 0 Å². The van der Waals surface area contributed by atoms with E-state index in [0.717, 1.165) is 23.7 Å². The largest absolute Gasteiger partial charge is 0.469 e. The summed E-state index contributed by atoms with van der Waals surface area (Å²) in [7, 11) is 1.23. The molecule has 17 heavy (non-hydrogen) atoms. The normalized spacial score (nSPS) is 27.9. The van der Waals surface area contributed by atoms with Gasteiger partial charge in [0.05, 0.1) is 13.5 Å². The van der Waals surface area contributed by atoms with Crippen molar-refractivity contribution in [2.75, 3.05) is 11.5 Å². The lowest BCUT2D eigenvalue weighted by molar-refractivity contribution is -0.161. The van der Waals surface area contributed by atoms with Crippen LogP contribution in [0.1, 0.15) is 32.1 Å². The molecule has 0 aromatic rings. The van der Waals surface area contributed by atoms with Gasteiger partial charge in [-0.2, -0.15) is 0 Å². The molecule has 0 aromatic carbocycles. The van der Waals surface area contributed by atoms with Crippen LogP contribution in [-0.4, -0.2) is 40.3 Å². The van der Waals surface area contributed by atoms with Crippen LogP contribution in [0.2, 0.25) is 0 Å². The summed E-state index contributed by atoms with van der Waals surface area (Å²) in [6.45, 7) is 0. The molecule has 0 bridgehead atoms. The first-order chi connectivity index (χ1) is 8.01. The van der Waals surface area contributed by atoms with E-state index in [9.17, 15) is 14.7 Å². The number of esters is 2. The molecule has 2 atom stereocenters. The fraction of sp³-hybridized carbons (Fsp3) is 0.818. The summed E-state index contributed by atoms with van der Waals surface area (Å²) in [5.41, 5.74) is -1.69. The number of alkyl halides is 1. The zero-order chi connectivity index (χ0) is 12.9. The number of cyclic esters (lactones) is 1. The Bertz CT molecular complexity index is 294. The summed E-state index contributed by atoms with van der Waals surface area (Å²) in [6, 6.07) is 0. The smallest absolute Gasteiger partial charge is 0.339 e. The van der Waals surface area contributed by atoms with Gasteiger partial charge in [0.1, 0.15) is 6.10 Å². The van der Waals surface area contributed by atoms with Crippen molar-refractivity contribution in [1.82, 2.24) is 0 Å². The molecular weight excluding hydrogens is 339 g/mol. The molecule has 0 radical (unpaired) electrons. The first-order valence-corrected chi connectivity index (χ1v) is 7.10. The van der Waals surface area contributed by atoms with Crippen molar-refractivity contribution in [2.45, 2.75) is 43.8 Å². The zero-order valence-electron chi connectivity index (χ0n) is 9.78. The monoisotopic (exact) mass is 356 g/mol. The number of methoxy groups -OCH3 is 1. The van der Waals surface area contributed by atoms with Gasteiger partial charge in [0.15, 0.2) is 5.60 Å². The van der Waals surface area contributed by atoms with Crippen LogP contribution < -0.4 is 0 Å². The van der Waals surface area contributed by atoms with Crippen LogP contribution >= 0.6 is 22.6 Å². The summed E-state index contributed by atoms with van der Waals surface area (Å²) in [5, 5.41) is 10.0. The van der Waals surface area contributed by atoms with Crippen molar-refractivity contribution in [3.05, 3.63) is 0 Å². The lowest BCUT2D eigenvalue weighted by Crippen LogP contribution is -2.37. The molecule has 5 nitrogen and oxygen atoms in total. The van der Waals surface area contributed by atoms with Crippen molar-refractivity contribution in [1.29, 1.82) is 0 Å². The highest BCUT2D eigenvalue weighted by Gasteiger charge is 2.49. The minimum absolute atomic E-state index is 0.183. The number of aliphatic hydroxyl groups is 1. The first-order valence-electron chi connectivity index (χ1n) is 5.58. The standard InChI is InChI=1S/C11H17IO5/c1-16-9(13)7-11(15)6-8(17-10(11)14)4-2-3-5-12/h8,15H,2-7H2,1H3/t8-,11+/m1/s1. The molecule has 1 N–H and O–H groups in total. The van der Waals surface area contributed by atoms with Gasteiger partial charge in [-0.25, -0.2) is 4.79 Å². The van der Waals surface area contributed by atoms with E-state index >= 15 is 0 Å². The molecule has 1 aliphatic rings. The summed E-state index contributed by atoms with van der Waals surface area (Å²) in [6.07, 6.45) is 2.32. The molecule has 1 aliphatic heterocycles. The van der Waals surface area contributed by atoms with Crippen LogP contribution in [-0.2, 0) is 19.1 Å². The zero-order valence-corrected chi connectivity index (χ0v) is 11.9. The number of halogens is 1. The van der Waals surface area contributed by atoms with Crippen LogP contribution in [0, 0.1) is 0 Å². The molecule has 1 fully saturated rings. The molecule has 0 saturated carbocycles. The number of ether oxygens (including phenoxy) is 2. The molecule has 0 unspecified atom stereocenters. The van der Waals surface area contributed by atoms with Crippen LogP contribution in [0.15, 0.2) is 0 Å². The summed E-state index contributed by atoms with van der Waals surface area (Å²) >= 11 is 2.29. The Kier molecular flexibility index (Phi) is 5.64. The van der Waals surface area contributed by atoms with E-state index in [1.54, 1.807) is 0 Å². The maximum atomic E-state index is 11.5. The Balaban J connectivity index is 2.47. The van der Waals surface area contributed by atoms with Crippen molar-refractivity contribution in [2.24, 2.45) is 0 Å². The van der Waals surface area contributed by atoms with Crippen LogP contribution in [0.25, 0.3) is 0 Å². The Morgan fingerprint density at radius 3 is 2.94 bits per heavy atom. The minimum Gasteiger partial charge on any atom is -0.469 e. The van der Waals surface area contributed by atoms with E-state index in [1.807, 2.05) is 0 Å². The number of hydrogen-bond acceptors (Lipinski definition) is 5. The highest BCUT2D eigenvalue weighted by molar-refractivity contribution is 14.1. The third-order valence-electron chi connectivity index (χ3n) is 2.79. The predicted octanol–water partition coefficient (Wildman–Crippen LogP) is 1.20. The van der Waals surface area contributed by atoms with Crippen molar-refractivity contribution in [3.8, 4) is 0 Å². The van der Waals surface area contributed by atoms with Gasteiger partial charge >= 0.3 is 11.9 Å². The van der Waals surface area contributed by atoms with Gasteiger partial charge in [-0.05, 0) is 23.7 Å². The van der Waals surface area contributed by atoms with E-state index < -0.39 is 17.5 Å². The van der Waals surface area contributed by atoms with Gasteiger partial charge in [0.2, 0.25) is 0 Å². The maximum absolute atomic E-state index is 11.5. The van der Waals surface area contributed by atoms with Crippen molar-refractivity contribution >= 4 is 34.5 Å². The van der Waals surface area contributed by atoms with E-state index in [4.69, 9.17) is 4.74 Å². The average Bonchev–Trinajstić information content (AvgIpc) is 2.54. The molecule has 1 saturated heterocycles. The topological polar surface area (TPSA) is 72.8 Å². The second kappa shape index (κ2) is 6.53. The Morgan fingerprint density at radius 1 is 1.65 bits per heavy atom. The Labute approximate surface area is 114 Å². The maximum Gasteiger partial charge on any atom is 0.339 e. The van der Waals surface area contributed by atoms with E-state index in [1.165, 1.54) is 7.11 Å². The molecule has 0 spiro atoms. The molecule has 0 aromatic heterocycles. The Hall–Kier alpha value is -0.370. The third kappa shape index (κ3) is 4.09. The van der Waals surface area contributed by atoms with Crippen molar-refractivity contribution in [3.63, 3.8) is 0 Å². The number of rotatable bonds is 6. The van der Waals surface area contributed by atoms with Gasteiger partial charge < -0.3 is 14.6 Å². The molecule has 0 amide bonds. The summed E-state index contributed by atoms with van der Waals surface area (Å²) in [4.78, 5) is 22.6. The molecular formula is C11H17IO5. The fourth-order valence-corrected chi connectivity index (χ4v) is 2.38. The van der Waals surface area contributed by atoms with E-state index in [-0.39, 0.29) is 18.9 Å². The predicted molar refractivity (Wildman–Crippen MR) is 68.8 cm³/mol.